The van der Waals surface area contributed by atoms with E-state index in [1.807, 2.05) is 0 Å². The monoisotopic (exact) mass is 543 g/mol. The highest BCUT2D eigenvalue weighted by molar-refractivity contribution is 7.14. The van der Waals surface area contributed by atoms with E-state index in [2.05, 4.69) is 4.98 Å². The van der Waals surface area contributed by atoms with E-state index in [9.17, 15) is 14.4 Å². The van der Waals surface area contributed by atoms with Crippen LogP contribution < -0.4 is 20.1 Å². The maximum absolute atomic E-state index is 13.7. The maximum atomic E-state index is 13.7. The van der Waals surface area contributed by atoms with Gasteiger partial charge in [-0.3, -0.25) is 14.5 Å². The summed E-state index contributed by atoms with van der Waals surface area (Å²) in [5, 5.41) is 1.93. The van der Waals surface area contributed by atoms with Crippen molar-refractivity contribution >= 4 is 51.5 Å². The molecule has 2 N–H and O–H groups in total. The number of hydrogen-bond acceptors (Lipinski definition) is 8. The van der Waals surface area contributed by atoms with E-state index in [0.29, 0.717) is 30.0 Å². The van der Waals surface area contributed by atoms with Crippen molar-refractivity contribution in [1.82, 2.24) is 4.98 Å². The average molecular weight is 544 g/mol. The lowest BCUT2D eigenvalue weighted by molar-refractivity contribution is -0.140. The Labute approximate surface area is 223 Å². The van der Waals surface area contributed by atoms with Crippen molar-refractivity contribution in [2.75, 3.05) is 19.1 Å². The summed E-state index contributed by atoms with van der Waals surface area (Å²) in [6.45, 7) is 0. The first kappa shape index (κ1) is 26.4. The highest BCUT2D eigenvalue weighted by atomic mass is 35.5. The molecule has 1 saturated carbocycles. The SMILES string of the molecule is COc1ccc(N(C(=O)c2ccccc2Cl)c2nc(C(=O)OC3(C(N)=O)CCCCC3)cs2)cc1OC. The molecule has 3 aromatic rings. The van der Waals surface area contributed by atoms with Crippen LogP contribution in [0, 0.1) is 0 Å². The summed E-state index contributed by atoms with van der Waals surface area (Å²) in [6, 6.07) is 11.6. The number of halogens is 1. The lowest BCUT2D eigenvalue weighted by Crippen LogP contribution is -2.49. The first-order chi connectivity index (χ1) is 17.8. The quantitative estimate of drug-likeness (QED) is 0.390. The second kappa shape index (κ2) is 11.2. The highest BCUT2D eigenvalue weighted by Gasteiger charge is 2.42. The minimum absolute atomic E-state index is 0.0383. The van der Waals surface area contributed by atoms with E-state index in [0.717, 1.165) is 30.6 Å². The summed E-state index contributed by atoms with van der Waals surface area (Å²) >= 11 is 7.39. The Balaban J connectivity index is 1.72. The molecule has 0 atom stereocenters. The molecule has 1 aliphatic carbocycles. The number of carbonyl (C=O) groups is 3. The van der Waals surface area contributed by atoms with Crippen molar-refractivity contribution in [3.63, 3.8) is 0 Å². The molecule has 1 heterocycles. The zero-order valence-corrected chi connectivity index (χ0v) is 21.9. The maximum Gasteiger partial charge on any atom is 0.358 e. The summed E-state index contributed by atoms with van der Waals surface area (Å²) < 4.78 is 16.4. The van der Waals surface area contributed by atoms with E-state index < -0.39 is 23.4 Å². The lowest BCUT2D eigenvalue weighted by atomic mass is 9.84. The van der Waals surface area contributed by atoms with E-state index in [4.69, 9.17) is 31.5 Å². The van der Waals surface area contributed by atoms with Crippen LogP contribution in [0.2, 0.25) is 5.02 Å². The van der Waals surface area contributed by atoms with Crippen molar-refractivity contribution in [2.45, 2.75) is 37.7 Å². The second-order valence-electron chi connectivity index (χ2n) is 8.48. The van der Waals surface area contributed by atoms with Crippen LogP contribution in [0.15, 0.2) is 47.8 Å². The van der Waals surface area contributed by atoms with Gasteiger partial charge in [0.2, 0.25) is 0 Å². The fraction of sp³-hybridized carbons (Fsp3) is 0.308. The van der Waals surface area contributed by atoms with Crippen LogP contribution >= 0.6 is 22.9 Å². The minimum atomic E-state index is -1.35. The first-order valence-corrected chi connectivity index (χ1v) is 12.8. The fourth-order valence-electron chi connectivity index (χ4n) is 4.25. The number of ether oxygens (including phenoxy) is 3. The van der Waals surface area contributed by atoms with Gasteiger partial charge >= 0.3 is 5.97 Å². The summed E-state index contributed by atoms with van der Waals surface area (Å²) in [5.41, 5.74) is 4.87. The number of rotatable bonds is 8. The van der Waals surface area contributed by atoms with Crippen LogP contribution in [0.25, 0.3) is 0 Å². The van der Waals surface area contributed by atoms with Gasteiger partial charge in [-0.15, -0.1) is 11.3 Å². The van der Waals surface area contributed by atoms with Crippen LogP contribution in [0.4, 0.5) is 10.8 Å². The second-order valence-corrected chi connectivity index (χ2v) is 9.73. The van der Waals surface area contributed by atoms with Crippen molar-refractivity contribution in [3.05, 3.63) is 64.1 Å². The topological polar surface area (TPSA) is 121 Å². The molecule has 37 heavy (non-hydrogen) atoms. The van der Waals surface area contributed by atoms with Crippen LogP contribution in [0.3, 0.4) is 0 Å². The number of esters is 1. The molecule has 1 fully saturated rings. The molecule has 0 spiro atoms. The standard InChI is InChI=1S/C26H26ClN3O6S/c1-34-20-11-10-16(14-21(20)35-2)30(22(31)17-8-4-5-9-18(17)27)25-29-19(15-37-25)23(32)36-26(24(28)33)12-6-3-7-13-26/h4-5,8-11,14-15H,3,6-7,12-13H2,1-2H3,(H2,28,33). The minimum Gasteiger partial charge on any atom is -0.493 e. The molecule has 1 aromatic heterocycles. The van der Waals surface area contributed by atoms with Gasteiger partial charge in [-0.2, -0.15) is 0 Å². The Bertz CT molecular complexity index is 1320. The van der Waals surface area contributed by atoms with E-state index >= 15 is 0 Å². The van der Waals surface area contributed by atoms with Crippen molar-refractivity contribution in [3.8, 4) is 11.5 Å². The number of amides is 2. The normalized spacial score (nSPS) is 14.5. The van der Waals surface area contributed by atoms with E-state index in [1.165, 1.54) is 24.5 Å². The summed E-state index contributed by atoms with van der Waals surface area (Å²) in [6.07, 6.45) is 3.15. The molecule has 11 heteroatoms. The number of anilines is 2. The van der Waals surface area contributed by atoms with Crippen molar-refractivity contribution < 1.29 is 28.6 Å². The number of nitrogens with zero attached hydrogens (tertiary/aromatic N) is 2. The summed E-state index contributed by atoms with van der Waals surface area (Å²) in [7, 11) is 2.99. The fourth-order valence-corrected chi connectivity index (χ4v) is 5.27. The predicted octanol–water partition coefficient (Wildman–Crippen LogP) is 5.14. The van der Waals surface area contributed by atoms with Gasteiger partial charge in [0.05, 0.1) is 30.5 Å². The number of hydrogen-bond donors (Lipinski definition) is 1. The molecular formula is C26H26ClN3O6S. The first-order valence-electron chi connectivity index (χ1n) is 11.6. The van der Waals surface area contributed by atoms with Gasteiger partial charge in [0.1, 0.15) is 0 Å². The average Bonchev–Trinajstić information content (AvgIpc) is 3.39. The number of methoxy groups -OCH3 is 2. The van der Waals surface area contributed by atoms with Crippen LogP contribution in [0.5, 0.6) is 11.5 Å². The molecule has 9 nitrogen and oxygen atoms in total. The van der Waals surface area contributed by atoms with Crippen LogP contribution in [0.1, 0.15) is 53.0 Å². The largest absolute Gasteiger partial charge is 0.493 e. The van der Waals surface area contributed by atoms with Gasteiger partial charge in [0.25, 0.3) is 11.8 Å². The highest BCUT2D eigenvalue weighted by Crippen LogP contribution is 2.38. The molecule has 1 aliphatic rings. The Morgan fingerprint density at radius 3 is 2.38 bits per heavy atom. The third-order valence-electron chi connectivity index (χ3n) is 6.22. The number of carbonyl (C=O) groups excluding carboxylic acids is 3. The summed E-state index contributed by atoms with van der Waals surface area (Å²) in [4.78, 5) is 44.6. The molecule has 194 valence electrons. The number of benzene rings is 2. The van der Waals surface area contributed by atoms with Crippen molar-refractivity contribution in [2.24, 2.45) is 5.73 Å². The molecule has 4 rings (SSSR count). The third-order valence-corrected chi connectivity index (χ3v) is 7.38. The molecule has 0 saturated heterocycles. The smallest absolute Gasteiger partial charge is 0.358 e. The summed E-state index contributed by atoms with van der Waals surface area (Å²) in [5.74, 6) is -1.04. The van der Waals surface area contributed by atoms with Crippen LogP contribution in [-0.2, 0) is 9.53 Å². The molecular weight excluding hydrogens is 518 g/mol. The van der Waals surface area contributed by atoms with Gasteiger partial charge in [-0.05, 0) is 49.9 Å². The third kappa shape index (κ3) is 5.40. The zero-order valence-electron chi connectivity index (χ0n) is 20.4. The molecule has 0 aliphatic heterocycles. The van der Waals surface area contributed by atoms with Gasteiger partial charge < -0.3 is 19.9 Å². The molecule has 0 bridgehead atoms. The Morgan fingerprint density at radius 2 is 1.73 bits per heavy atom. The van der Waals surface area contributed by atoms with Crippen LogP contribution in [-0.4, -0.2) is 42.6 Å². The zero-order chi connectivity index (χ0) is 26.6. The Kier molecular flexibility index (Phi) is 7.99. The van der Waals surface area contributed by atoms with Gasteiger partial charge in [-0.1, -0.05) is 30.2 Å². The predicted molar refractivity (Wildman–Crippen MR) is 140 cm³/mol. The van der Waals surface area contributed by atoms with E-state index in [-0.39, 0.29) is 21.4 Å². The van der Waals surface area contributed by atoms with Gasteiger partial charge in [-0.25, -0.2) is 9.78 Å². The lowest BCUT2D eigenvalue weighted by Gasteiger charge is -2.33. The number of nitrogens with two attached hydrogens (primary N) is 1. The Hall–Kier alpha value is -3.63. The van der Waals surface area contributed by atoms with Gasteiger partial charge in [0.15, 0.2) is 27.9 Å². The van der Waals surface area contributed by atoms with E-state index in [1.54, 1.807) is 42.5 Å². The molecule has 2 aromatic carbocycles. The van der Waals surface area contributed by atoms with Gasteiger partial charge in [0, 0.05) is 11.4 Å². The molecule has 0 unspecified atom stereocenters. The number of thiazole rings is 1. The number of primary amides is 1. The van der Waals surface area contributed by atoms with Crippen molar-refractivity contribution in [1.29, 1.82) is 0 Å². The molecule has 0 radical (unpaired) electrons. The molecule has 2 amide bonds. The Morgan fingerprint density at radius 1 is 1.03 bits per heavy atom. The number of aromatic nitrogens is 1.